The maximum absolute atomic E-state index is 14.1. The molecular formula is C18H38FN3O4S. The Kier molecular flexibility index (Phi) is 16.2. The third-order valence-corrected chi connectivity index (χ3v) is 4.23. The van der Waals surface area contributed by atoms with E-state index in [9.17, 15) is 9.18 Å². The molecule has 0 saturated carbocycles. The molecule has 0 aliphatic heterocycles. The van der Waals surface area contributed by atoms with Gasteiger partial charge in [0.1, 0.15) is 6.17 Å². The molecule has 1 atom stereocenters. The van der Waals surface area contributed by atoms with Gasteiger partial charge in [-0.1, -0.05) is 25.6 Å². The van der Waals surface area contributed by atoms with Gasteiger partial charge in [0.15, 0.2) is 0 Å². The molecule has 27 heavy (non-hydrogen) atoms. The second kappa shape index (κ2) is 16.5. The first-order valence-corrected chi connectivity index (χ1v) is 10.7. The van der Waals surface area contributed by atoms with Crippen LogP contribution in [0.25, 0.3) is 0 Å². The quantitative estimate of drug-likeness (QED) is 0.315. The Morgan fingerprint density at radius 1 is 1.04 bits per heavy atom. The number of hydrogen-bond donors (Lipinski definition) is 3. The van der Waals surface area contributed by atoms with Crippen molar-refractivity contribution in [1.82, 2.24) is 16.0 Å². The zero-order chi connectivity index (χ0) is 20.5. The van der Waals surface area contributed by atoms with Gasteiger partial charge in [0, 0.05) is 25.7 Å². The summed E-state index contributed by atoms with van der Waals surface area (Å²) in [5.74, 6) is 0. The van der Waals surface area contributed by atoms with Crippen LogP contribution in [0.4, 0.5) is 9.18 Å². The summed E-state index contributed by atoms with van der Waals surface area (Å²) in [6.45, 7) is 12.5. The van der Waals surface area contributed by atoms with Crippen molar-refractivity contribution in [2.75, 3.05) is 65.5 Å². The van der Waals surface area contributed by atoms with Crippen LogP contribution in [0.1, 0.15) is 27.7 Å². The molecule has 0 heterocycles. The molecule has 0 aliphatic rings. The third-order valence-electron chi connectivity index (χ3n) is 3.71. The molecule has 7 nitrogen and oxygen atoms in total. The molecule has 3 N–H and O–H groups in total. The number of carbonyl (C=O) groups is 1. The first-order chi connectivity index (χ1) is 12.8. The van der Waals surface area contributed by atoms with Crippen LogP contribution in [0.2, 0.25) is 0 Å². The van der Waals surface area contributed by atoms with Crippen molar-refractivity contribution < 1.29 is 23.4 Å². The van der Waals surface area contributed by atoms with E-state index in [1.54, 1.807) is 20.1 Å². The van der Waals surface area contributed by atoms with Crippen molar-refractivity contribution >= 4 is 17.0 Å². The first-order valence-electron chi connectivity index (χ1n) is 9.49. The minimum Gasteiger partial charge on any atom is -0.379 e. The van der Waals surface area contributed by atoms with E-state index in [2.05, 4.69) is 29.8 Å². The Bertz CT molecular complexity index is 377. The van der Waals surface area contributed by atoms with Gasteiger partial charge in [-0.2, -0.15) is 0 Å². The minimum atomic E-state index is -1.29. The molecule has 0 fully saturated rings. The van der Waals surface area contributed by atoms with Gasteiger partial charge in [0.2, 0.25) is 0 Å². The standard InChI is InChI=1S/C18H38FN3O4S/c1-15(2)21-8-11-24-9-6-20-7-10-25-12-13-26-18(3,4)16(19)14-22-17(23)27-5/h15-16,20-21H,6-14H2,1-5H3,(H,22,23). The molecule has 1 unspecified atom stereocenters. The van der Waals surface area contributed by atoms with Crippen molar-refractivity contribution in [3.8, 4) is 0 Å². The number of thioether (sulfide) groups is 1. The molecule has 0 aromatic rings. The smallest absolute Gasteiger partial charge is 0.278 e. The summed E-state index contributed by atoms with van der Waals surface area (Å²) < 4.78 is 30.6. The molecule has 0 radical (unpaired) electrons. The summed E-state index contributed by atoms with van der Waals surface area (Å²) in [4.78, 5) is 11.1. The molecule has 9 heteroatoms. The molecule has 0 spiro atoms. The van der Waals surface area contributed by atoms with Gasteiger partial charge in [-0.15, -0.1) is 0 Å². The third kappa shape index (κ3) is 16.2. The van der Waals surface area contributed by atoms with Crippen LogP contribution in [-0.2, 0) is 14.2 Å². The number of hydrogen-bond acceptors (Lipinski definition) is 7. The number of amides is 1. The largest absolute Gasteiger partial charge is 0.379 e. The van der Waals surface area contributed by atoms with E-state index in [0.29, 0.717) is 39.1 Å². The molecule has 0 bridgehead atoms. The van der Waals surface area contributed by atoms with Gasteiger partial charge in [-0.3, -0.25) is 4.79 Å². The Morgan fingerprint density at radius 2 is 1.63 bits per heavy atom. The van der Waals surface area contributed by atoms with Gasteiger partial charge < -0.3 is 30.2 Å². The first kappa shape index (κ1) is 26.6. The van der Waals surface area contributed by atoms with Crippen molar-refractivity contribution in [1.29, 1.82) is 0 Å². The van der Waals surface area contributed by atoms with Gasteiger partial charge in [-0.25, -0.2) is 4.39 Å². The molecular weight excluding hydrogens is 373 g/mol. The highest BCUT2D eigenvalue weighted by molar-refractivity contribution is 8.12. The summed E-state index contributed by atoms with van der Waals surface area (Å²) in [7, 11) is 0. The second-order valence-electron chi connectivity index (χ2n) is 6.88. The molecule has 0 saturated heterocycles. The Morgan fingerprint density at radius 3 is 2.22 bits per heavy atom. The van der Waals surface area contributed by atoms with Crippen LogP contribution in [0.3, 0.4) is 0 Å². The number of nitrogens with one attached hydrogen (secondary N) is 3. The SMILES string of the molecule is CSC(=O)NCC(F)C(C)(C)OCCOCCNCCOCCNC(C)C. The zero-order valence-corrected chi connectivity index (χ0v) is 18.3. The summed E-state index contributed by atoms with van der Waals surface area (Å²) in [6.07, 6.45) is 0.362. The van der Waals surface area contributed by atoms with Crippen LogP contribution < -0.4 is 16.0 Å². The minimum absolute atomic E-state index is 0.0624. The topological polar surface area (TPSA) is 80.9 Å². The normalized spacial score (nSPS) is 13.1. The summed E-state index contributed by atoms with van der Waals surface area (Å²) in [5, 5.41) is 8.77. The van der Waals surface area contributed by atoms with Gasteiger partial charge in [-0.05, 0) is 20.1 Å². The average Bonchev–Trinajstić information content (AvgIpc) is 2.62. The summed E-state index contributed by atoms with van der Waals surface area (Å²) in [5.41, 5.74) is -0.977. The Hall–Kier alpha value is -0.450. The molecule has 162 valence electrons. The fourth-order valence-electron chi connectivity index (χ4n) is 1.98. The summed E-state index contributed by atoms with van der Waals surface area (Å²) >= 11 is 1.02. The lowest BCUT2D eigenvalue weighted by atomic mass is 10.0. The van der Waals surface area contributed by atoms with Gasteiger partial charge in [0.25, 0.3) is 5.24 Å². The molecule has 0 aromatic heterocycles. The molecule has 1 amide bonds. The maximum atomic E-state index is 14.1. The van der Waals surface area contributed by atoms with Crippen LogP contribution >= 0.6 is 11.8 Å². The predicted molar refractivity (Wildman–Crippen MR) is 109 cm³/mol. The lowest BCUT2D eigenvalue weighted by molar-refractivity contribution is -0.0858. The van der Waals surface area contributed by atoms with E-state index in [-0.39, 0.29) is 11.8 Å². The predicted octanol–water partition coefficient (Wildman–Crippen LogP) is 1.81. The maximum Gasteiger partial charge on any atom is 0.278 e. The van der Waals surface area contributed by atoms with Crippen molar-refractivity contribution in [2.24, 2.45) is 0 Å². The van der Waals surface area contributed by atoms with Gasteiger partial charge in [0.05, 0.1) is 45.2 Å². The van der Waals surface area contributed by atoms with Crippen LogP contribution in [0.5, 0.6) is 0 Å². The van der Waals surface area contributed by atoms with E-state index < -0.39 is 11.8 Å². The lowest BCUT2D eigenvalue weighted by Gasteiger charge is -2.29. The summed E-state index contributed by atoms with van der Waals surface area (Å²) in [6, 6.07) is 0.482. The lowest BCUT2D eigenvalue weighted by Crippen LogP contribution is -2.44. The van der Waals surface area contributed by atoms with E-state index in [0.717, 1.165) is 31.4 Å². The molecule has 0 aromatic carbocycles. The van der Waals surface area contributed by atoms with Crippen LogP contribution in [0, 0.1) is 0 Å². The van der Waals surface area contributed by atoms with Crippen LogP contribution in [-0.4, -0.2) is 88.5 Å². The number of ether oxygens (including phenoxy) is 3. The zero-order valence-electron chi connectivity index (χ0n) is 17.4. The Balaban J connectivity index is 3.48. The van der Waals surface area contributed by atoms with Crippen molar-refractivity contribution in [3.05, 3.63) is 0 Å². The van der Waals surface area contributed by atoms with Gasteiger partial charge >= 0.3 is 0 Å². The van der Waals surface area contributed by atoms with E-state index in [1.807, 2.05) is 0 Å². The molecule has 0 aliphatic carbocycles. The fourth-order valence-corrected chi connectivity index (χ4v) is 2.21. The number of carbonyl (C=O) groups excluding carboxylic acids is 1. The van der Waals surface area contributed by atoms with E-state index in [4.69, 9.17) is 14.2 Å². The van der Waals surface area contributed by atoms with E-state index >= 15 is 0 Å². The fraction of sp³-hybridized carbons (Fsp3) is 0.944. The Labute approximate surface area is 167 Å². The highest BCUT2D eigenvalue weighted by atomic mass is 32.2. The number of rotatable bonds is 17. The number of halogens is 1. The monoisotopic (exact) mass is 411 g/mol. The number of alkyl halides is 1. The highest BCUT2D eigenvalue weighted by Gasteiger charge is 2.30. The second-order valence-corrected chi connectivity index (χ2v) is 7.65. The van der Waals surface area contributed by atoms with E-state index in [1.165, 1.54) is 0 Å². The molecule has 0 rings (SSSR count). The van der Waals surface area contributed by atoms with Crippen LogP contribution in [0.15, 0.2) is 0 Å². The van der Waals surface area contributed by atoms with Crippen molar-refractivity contribution in [2.45, 2.75) is 45.5 Å². The van der Waals surface area contributed by atoms with Crippen molar-refractivity contribution in [3.63, 3.8) is 0 Å². The average molecular weight is 412 g/mol. The highest BCUT2D eigenvalue weighted by Crippen LogP contribution is 2.17.